The maximum Gasteiger partial charge on any atom is 0.226 e. The molecule has 1 amide bonds. The highest BCUT2D eigenvalue weighted by atomic mass is 16.5. The molecule has 0 heterocycles. The Bertz CT molecular complexity index is 749. The molecule has 1 unspecified atom stereocenters. The summed E-state index contributed by atoms with van der Waals surface area (Å²) in [5, 5.41) is 6.27. The number of amides is 1. The molecule has 0 aromatic heterocycles. The molecule has 1 atom stereocenters. The number of hydrogen-bond donors (Lipinski definition) is 2. The van der Waals surface area contributed by atoms with Crippen LogP contribution in [0.1, 0.15) is 18.9 Å². The molecule has 0 aliphatic heterocycles. The van der Waals surface area contributed by atoms with Gasteiger partial charge in [0, 0.05) is 18.5 Å². The number of rotatable bonds is 10. The van der Waals surface area contributed by atoms with Crippen molar-refractivity contribution in [1.29, 1.82) is 0 Å². The van der Waals surface area contributed by atoms with Gasteiger partial charge in [0.1, 0.15) is 17.2 Å². The minimum Gasteiger partial charge on any atom is -0.497 e. The number of nitrogens with one attached hydrogen (secondary N) is 2. The molecular weight excluding hydrogens is 344 g/mol. The van der Waals surface area contributed by atoms with E-state index in [-0.39, 0.29) is 11.9 Å². The Labute approximate surface area is 160 Å². The van der Waals surface area contributed by atoms with Gasteiger partial charge in [0.2, 0.25) is 5.91 Å². The number of hydrogen-bond acceptors (Lipinski definition) is 5. The third-order valence-electron chi connectivity index (χ3n) is 4.25. The second-order valence-electron chi connectivity index (χ2n) is 6.24. The summed E-state index contributed by atoms with van der Waals surface area (Å²) >= 11 is 0. The molecule has 146 valence electrons. The summed E-state index contributed by atoms with van der Waals surface area (Å²) in [5.74, 6) is 2.06. The van der Waals surface area contributed by atoms with Gasteiger partial charge in [-0.1, -0.05) is 18.2 Å². The first kappa shape index (κ1) is 20.6. The van der Waals surface area contributed by atoms with Crippen LogP contribution in [-0.2, 0) is 11.2 Å². The molecule has 0 aliphatic carbocycles. The Hall–Kier alpha value is -2.73. The molecule has 6 heteroatoms. The van der Waals surface area contributed by atoms with Gasteiger partial charge in [-0.15, -0.1) is 0 Å². The van der Waals surface area contributed by atoms with Crippen LogP contribution in [0.4, 0.5) is 5.69 Å². The zero-order valence-electron chi connectivity index (χ0n) is 16.4. The van der Waals surface area contributed by atoms with Gasteiger partial charge in [0.15, 0.2) is 0 Å². The minimum atomic E-state index is -0.0734. The molecule has 0 aliphatic rings. The van der Waals surface area contributed by atoms with Crippen LogP contribution in [0.3, 0.4) is 0 Å². The van der Waals surface area contributed by atoms with Crippen molar-refractivity contribution < 1.29 is 19.0 Å². The van der Waals surface area contributed by atoms with Gasteiger partial charge in [0.05, 0.1) is 27.0 Å². The lowest BCUT2D eigenvalue weighted by Gasteiger charge is -2.16. The van der Waals surface area contributed by atoms with Crippen molar-refractivity contribution >= 4 is 11.6 Å². The average Bonchev–Trinajstić information content (AvgIpc) is 2.68. The molecular formula is C21H28N2O4. The number of carbonyl (C=O) groups excluding carboxylic acids is 1. The summed E-state index contributed by atoms with van der Waals surface area (Å²) in [6, 6.07) is 13.3. The van der Waals surface area contributed by atoms with Gasteiger partial charge in [0.25, 0.3) is 0 Å². The first-order chi connectivity index (χ1) is 13.1. The third-order valence-corrected chi connectivity index (χ3v) is 4.25. The Morgan fingerprint density at radius 1 is 1.00 bits per heavy atom. The molecule has 0 saturated carbocycles. The third kappa shape index (κ3) is 6.18. The molecule has 27 heavy (non-hydrogen) atoms. The van der Waals surface area contributed by atoms with Crippen molar-refractivity contribution in [2.45, 2.75) is 25.8 Å². The van der Waals surface area contributed by atoms with Crippen LogP contribution in [0.15, 0.2) is 42.5 Å². The summed E-state index contributed by atoms with van der Waals surface area (Å²) in [6.45, 7) is 2.76. The minimum absolute atomic E-state index is 0.0453. The van der Waals surface area contributed by atoms with Gasteiger partial charge < -0.3 is 24.8 Å². The van der Waals surface area contributed by atoms with Crippen LogP contribution in [-0.4, -0.2) is 39.8 Å². The van der Waals surface area contributed by atoms with E-state index in [1.807, 2.05) is 31.2 Å². The second kappa shape index (κ2) is 10.4. The Kier molecular flexibility index (Phi) is 7.95. The van der Waals surface area contributed by atoms with Gasteiger partial charge >= 0.3 is 0 Å². The van der Waals surface area contributed by atoms with Crippen LogP contribution in [0, 0.1) is 0 Å². The lowest BCUT2D eigenvalue weighted by molar-refractivity contribution is -0.116. The lowest BCUT2D eigenvalue weighted by Crippen LogP contribution is -2.32. The van der Waals surface area contributed by atoms with Crippen LogP contribution < -0.4 is 24.8 Å². The van der Waals surface area contributed by atoms with E-state index >= 15 is 0 Å². The smallest absolute Gasteiger partial charge is 0.226 e. The first-order valence-electron chi connectivity index (χ1n) is 8.94. The maximum atomic E-state index is 12.3. The van der Waals surface area contributed by atoms with Gasteiger partial charge in [-0.05, 0) is 43.7 Å². The zero-order chi connectivity index (χ0) is 19.6. The largest absolute Gasteiger partial charge is 0.497 e. The summed E-state index contributed by atoms with van der Waals surface area (Å²) in [5.41, 5.74) is 1.77. The van der Waals surface area contributed by atoms with Crippen molar-refractivity contribution in [3.8, 4) is 17.2 Å². The van der Waals surface area contributed by atoms with E-state index in [9.17, 15) is 4.79 Å². The van der Waals surface area contributed by atoms with E-state index in [1.165, 1.54) is 0 Å². The van der Waals surface area contributed by atoms with Gasteiger partial charge in [-0.3, -0.25) is 4.79 Å². The number of anilines is 1. The van der Waals surface area contributed by atoms with Crippen molar-refractivity contribution in [1.82, 2.24) is 5.32 Å². The quantitative estimate of drug-likeness (QED) is 0.670. The van der Waals surface area contributed by atoms with Crippen LogP contribution in [0.2, 0.25) is 0 Å². The van der Waals surface area contributed by atoms with E-state index < -0.39 is 0 Å². The highest BCUT2D eigenvalue weighted by molar-refractivity contribution is 5.92. The van der Waals surface area contributed by atoms with Crippen molar-refractivity contribution in [2.24, 2.45) is 0 Å². The normalized spacial score (nSPS) is 11.6. The highest BCUT2D eigenvalue weighted by Crippen LogP contribution is 2.29. The van der Waals surface area contributed by atoms with Crippen molar-refractivity contribution in [3.05, 3.63) is 48.0 Å². The van der Waals surface area contributed by atoms with E-state index in [2.05, 4.69) is 10.6 Å². The number of methoxy groups -OCH3 is 3. The summed E-state index contributed by atoms with van der Waals surface area (Å²) in [4.78, 5) is 12.3. The fourth-order valence-electron chi connectivity index (χ4n) is 2.82. The second-order valence-corrected chi connectivity index (χ2v) is 6.24. The van der Waals surface area contributed by atoms with Gasteiger partial charge in [-0.25, -0.2) is 0 Å². The first-order valence-corrected chi connectivity index (χ1v) is 8.94. The monoisotopic (exact) mass is 372 g/mol. The van der Waals surface area contributed by atoms with Crippen LogP contribution >= 0.6 is 0 Å². The molecule has 0 radical (unpaired) electrons. The van der Waals surface area contributed by atoms with Crippen molar-refractivity contribution in [3.63, 3.8) is 0 Å². The van der Waals surface area contributed by atoms with E-state index in [1.54, 1.807) is 39.5 Å². The summed E-state index contributed by atoms with van der Waals surface area (Å²) < 4.78 is 15.8. The molecule has 2 aromatic carbocycles. The zero-order valence-corrected chi connectivity index (χ0v) is 16.4. The Morgan fingerprint density at radius 3 is 2.44 bits per heavy atom. The molecule has 6 nitrogen and oxygen atoms in total. The fourth-order valence-corrected chi connectivity index (χ4v) is 2.82. The molecule has 2 aromatic rings. The number of para-hydroxylation sites is 1. The van der Waals surface area contributed by atoms with E-state index in [0.29, 0.717) is 23.6 Å². The number of ether oxygens (including phenoxy) is 3. The maximum absolute atomic E-state index is 12.3. The SMILES string of the molecule is COc1ccc(NC(=O)CC(C)NCCc2ccccc2OC)c(OC)c1. The highest BCUT2D eigenvalue weighted by Gasteiger charge is 2.12. The van der Waals surface area contributed by atoms with E-state index in [4.69, 9.17) is 14.2 Å². The number of benzene rings is 2. The van der Waals surface area contributed by atoms with Crippen molar-refractivity contribution in [2.75, 3.05) is 33.2 Å². The topological polar surface area (TPSA) is 68.8 Å². The molecule has 0 saturated heterocycles. The summed E-state index contributed by atoms with van der Waals surface area (Å²) in [7, 11) is 4.82. The fraction of sp³-hybridized carbons (Fsp3) is 0.381. The van der Waals surface area contributed by atoms with Crippen LogP contribution in [0.25, 0.3) is 0 Å². The lowest BCUT2D eigenvalue weighted by atomic mass is 10.1. The predicted octanol–water partition coefficient (Wildman–Crippen LogP) is 3.26. The Balaban J connectivity index is 1.82. The van der Waals surface area contributed by atoms with Gasteiger partial charge in [-0.2, -0.15) is 0 Å². The summed E-state index contributed by atoms with van der Waals surface area (Å²) in [6.07, 6.45) is 1.20. The molecule has 2 N–H and O–H groups in total. The molecule has 0 bridgehead atoms. The number of carbonyl (C=O) groups is 1. The molecule has 0 spiro atoms. The molecule has 2 rings (SSSR count). The standard InChI is InChI=1S/C21H28N2O4/c1-15(22-12-11-16-7-5-6-8-19(16)26-3)13-21(24)23-18-10-9-17(25-2)14-20(18)27-4/h5-10,14-15,22H,11-13H2,1-4H3,(H,23,24). The predicted molar refractivity (Wildman–Crippen MR) is 107 cm³/mol. The Morgan fingerprint density at radius 2 is 1.74 bits per heavy atom. The van der Waals surface area contributed by atoms with E-state index in [0.717, 1.165) is 24.3 Å². The average molecular weight is 372 g/mol. The molecule has 0 fully saturated rings. The van der Waals surface area contributed by atoms with Crippen LogP contribution in [0.5, 0.6) is 17.2 Å².